The third kappa shape index (κ3) is 3.79. The van der Waals surface area contributed by atoms with Crippen LogP contribution in [0.4, 0.5) is 0 Å². The molecule has 0 aliphatic heterocycles. The molecule has 0 saturated carbocycles. The normalized spacial score (nSPS) is 10.7. The van der Waals surface area contributed by atoms with Gasteiger partial charge in [0.1, 0.15) is 0 Å². The van der Waals surface area contributed by atoms with Gasteiger partial charge in [0.25, 0.3) is 5.91 Å². The summed E-state index contributed by atoms with van der Waals surface area (Å²) in [7, 11) is 2.30. The standard InChI is InChI=1S/C21H20NO2P/c1-22(24-2)21(23)19-15-9-10-16-20(19)25(17-11-5-3-6-12-17)18-13-7-4-8-14-18/h3-16H,1-2H3. The zero-order valence-electron chi connectivity index (χ0n) is 14.3. The summed E-state index contributed by atoms with van der Waals surface area (Å²) in [4.78, 5) is 17.9. The Morgan fingerprint density at radius 1 is 0.800 bits per heavy atom. The number of nitrogens with zero attached hydrogens (tertiary/aromatic N) is 1. The Morgan fingerprint density at radius 3 is 1.80 bits per heavy atom. The van der Waals surface area contributed by atoms with Crippen LogP contribution in [0.2, 0.25) is 0 Å². The number of benzene rings is 3. The Labute approximate surface area is 149 Å². The largest absolute Gasteiger partial charge is 0.277 e. The van der Waals surface area contributed by atoms with Gasteiger partial charge in [-0.25, -0.2) is 5.06 Å². The predicted molar refractivity (Wildman–Crippen MR) is 104 cm³/mol. The van der Waals surface area contributed by atoms with Crippen molar-refractivity contribution in [2.45, 2.75) is 0 Å². The topological polar surface area (TPSA) is 29.5 Å². The number of hydrogen-bond donors (Lipinski definition) is 0. The molecule has 3 rings (SSSR count). The molecule has 0 bridgehead atoms. The van der Waals surface area contributed by atoms with Gasteiger partial charge in [0.2, 0.25) is 0 Å². The van der Waals surface area contributed by atoms with Gasteiger partial charge in [0.15, 0.2) is 0 Å². The van der Waals surface area contributed by atoms with E-state index in [0.717, 1.165) is 5.30 Å². The van der Waals surface area contributed by atoms with E-state index in [0.29, 0.717) is 5.56 Å². The third-order valence-corrected chi connectivity index (χ3v) is 6.46. The first-order chi connectivity index (χ1) is 12.2. The minimum atomic E-state index is -0.832. The lowest BCUT2D eigenvalue weighted by Gasteiger charge is -2.23. The number of carbonyl (C=O) groups excluding carboxylic acids is 1. The molecule has 0 N–H and O–H groups in total. The summed E-state index contributed by atoms with van der Waals surface area (Å²) in [5.41, 5.74) is 0.672. The summed E-state index contributed by atoms with van der Waals surface area (Å²) in [6, 6.07) is 28.5. The van der Waals surface area contributed by atoms with E-state index in [9.17, 15) is 4.79 Å². The van der Waals surface area contributed by atoms with Gasteiger partial charge >= 0.3 is 0 Å². The van der Waals surface area contributed by atoms with E-state index in [1.165, 1.54) is 22.8 Å². The maximum Gasteiger partial charge on any atom is 0.277 e. The number of hydrogen-bond acceptors (Lipinski definition) is 2. The van der Waals surface area contributed by atoms with Crippen molar-refractivity contribution in [3.63, 3.8) is 0 Å². The number of amides is 1. The van der Waals surface area contributed by atoms with Crippen molar-refractivity contribution < 1.29 is 9.63 Å². The number of hydroxylamine groups is 2. The molecule has 0 saturated heterocycles. The SMILES string of the molecule is CON(C)C(=O)c1ccccc1P(c1ccccc1)c1ccccc1. The van der Waals surface area contributed by atoms with E-state index < -0.39 is 7.92 Å². The zero-order valence-corrected chi connectivity index (χ0v) is 15.2. The molecule has 0 heterocycles. The van der Waals surface area contributed by atoms with Crippen molar-refractivity contribution in [2.75, 3.05) is 14.2 Å². The smallest absolute Gasteiger partial charge is 0.274 e. The Balaban J connectivity index is 2.17. The van der Waals surface area contributed by atoms with Gasteiger partial charge < -0.3 is 0 Å². The average molecular weight is 349 g/mol. The second-order valence-electron chi connectivity index (χ2n) is 5.51. The molecular formula is C21H20NO2P. The molecule has 0 fully saturated rings. The summed E-state index contributed by atoms with van der Waals surface area (Å²) in [6.45, 7) is 0. The Morgan fingerprint density at radius 2 is 1.28 bits per heavy atom. The van der Waals surface area contributed by atoms with Gasteiger partial charge in [-0.3, -0.25) is 9.63 Å². The molecule has 0 spiro atoms. The van der Waals surface area contributed by atoms with Crippen molar-refractivity contribution in [1.29, 1.82) is 0 Å². The lowest BCUT2D eigenvalue weighted by molar-refractivity contribution is -0.0756. The van der Waals surface area contributed by atoms with Gasteiger partial charge in [0, 0.05) is 7.05 Å². The van der Waals surface area contributed by atoms with Crippen LogP contribution >= 0.6 is 7.92 Å². The van der Waals surface area contributed by atoms with Gasteiger partial charge in [0.05, 0.1) is 12.7 Å². The Hall–Kier alpha value is -2.48. The lowest BCUT2D eigenvalue weighted by Crippen LogP contribution is -2.32. The summed E-state index contributed by atoms with van der Waals surface area (Å²) in [5.74, 6) is -0.141. The van der Waals surface area contributed by atoms with Crippen LogP contribution < -0.4 is 15.9 Å². The van der Waals surface area contributed by atoms with Crippen molar-refractivity contribution >= 4 is 29.7 Å². The maximum absolute atomic E-state index is 12.8. The molecule has 0 aromatic heterocycles. The molecule has 0 aliphatic rings. The van der Waals surface area contributed by atoms with Crippen molar-refractivity contribution in [2.24, 2.45) is 0 Å². The Kier molecular flexibility index (Phi) is 5.60. The van der Waals surface area contributed by atoms with Gasteiger partial charge in [-0.05, 0) is 29.9 Å². The van der Waals surface area contributed by atoms with E-state index in [-0.39, 0.29) is 5.91 Å². The first kappa shape index (κ1) is 17.3. The van der Waals surface area contributed by atoms with Crippen LogP contribution in [0.25, 0.3) is 0 Å². The van der Waals surface area contributed by atoms with E-state index in [1.807, 2.05) is 60.7 Å². The van der Waals surface area contributed by atoms with Crippen LogP contribution in [0.5, 0.6) is 0 Å². The van der Waals surface area contributed by atoms with Crippen LogP contribution in [-0.2, 0) is 4.84 Å². The van der Waals surface area contributed by atoms with Crippen LogP contribution in [0.1, 0.15) is 10.4 Å². The summed E-state index contributed by atoms with van der Waals surface area (Å²) in [6.07, 6.45) is 0. The third-order valence-electron chi connectivity index (χ3n) is 3.96. The van der Waals surface area contributed by atoms with Gasteiger partial charge in [-0.1, -0.05) is 78.9 Å². The van der Waals surface area contributed by atoms with Gasteiger partial charge in [-0.15, -0.1) is 0 Å². The molecule has 25 heavy (non-hydrogen) atoms. The Bertz CT molecular complexity index is 797. The molecule has 3 aromatic rings. The monoisotopic (exact) mass is 349 g/mol. The summed E-state index contributed by atoms with van der Waals surface area (Å²) >= 11 is 0. The zero-order chi connectivity index (χ0) is 17.6. The molecule has 0 aliphatic carbocycles. The molecule has 3 aromatic carbocycles. The molecule has 0 atom stereocenters. The average Bonchev–Trinajstić information content (AvgIpc) is 2.69. The van der Waals surface area contributed by atoms with Crippen LogP contribution in [0.15, 0.2) is 84.9 Å². The molecule has 4 heteroatoms. The fourth-order valence-corrected chi connectivity index (χ4v) is 5.12. The minimum absolute atomic E-state index is 0.141. The van der Waals surface area contributed by atoms with Crippen molar-refractivity contribution in [1.82, 2.24) is 5.06 Å². The molecule has 0 unspecified atom stereocenters. The number of carbonyl (C=O) groups is 1. The molecule has 126 valence electrons. The van der Waals surface area contributed by atoms with E-state index in [1.54, 1.807) is 7.05 Å². The molecule has 0 radical (unpaired) electrons. The highest BCUT2D eigenvalue weighted by Gasteiger charge is 2.23. The molecule has 1 amide bonds. The summed E-state index contributed by atoms with van der Waals surface area (Å²) < 4.78 is 0. The molecule has 3 nitrogen and oxygen atoms in total. The fraction of sp³-hybridized carbons (Fsp3) is 0.0952. The van der Waals surface area contributed by atoms with Crippen LogP contribution in [0.3, 0.4) is 0 Å². The fourth-order valence-electron chi connectivity index (χ4n) is 2.68. The van der Waals surface area contributed by atoms with E-state index in [4.69, 9.17) is 4.84 Å². The minimum Gasteiger partial charge on any atom is -0.274 e. The molecular weight excluding hydrogens is 329 g/mol. The lowest BCUT2D eigenvalue weighted by atomic mass is 10.2. The highest BCUT2D eigenvalue weighted by molar-refractivity contribution is 7.80. The van der Waals surface area contributed by atoms with E-state index in [2.05, 4.69) is 24.3 Å². The highest BCUT2D eigenvalue weighted by atomic mass is 31.1. The quantitative estimate of drug-likeness (QED) is 0.523. The van der Waals surface area contributed by atoms with Crippen molar-refractivity contribution in [3.8, 4) is 0 Å². The predicted octanol–water partition coefficient (Wildman–Crippen LogP) is 3.08. The van der Waals surface area contributed by atoms with E-state index >= 15 is 0 Å². The van der Waals surface area contributed by atoms with Crippen LogP contribution in [-0.4, -0.2) is 25.1 Å². The number of rotatable bonds is 5. The van der Waals surface area contributed by atoms with Crippen LogP contribution in [0, 0.1) is 0 Å². The first-order valence-corrected chi connectivity index (χ1v) is 9.38. The van der Waals surface area contributed by atoms with Gasteiger partial charge in [-0.2, -0.15) is 0 Å². The van der Waals surface area contributed by atoms with Crippen molar-refractivity contribution in [3.05, 3.63) is 90.5 Å². The summed E-state index contributed by atoms with van der Waals surface area (Å²) in [5, 5.41) is 4.72. The maximum atomic E-state index is 12.8. The first-order valence-electron chi connectivity index (χ1n) is 8.04. The second kappa shape index (κ2) is 8.06. The highest BCUT2D eigenvalue weighted by Crippen LogP contribution is 2.34. The second-order valence-corrected chi connectivity index (χ2v) is 7.69.